The van der Waals surface area contributed by atoms with Crippen LogP contribution in [0.2, 0.25) is 10.0 Å². The average Bonchev–Trinajstić information content (AvgIpc) is 2.75. The van der Waals surface area contributed by atoms with Crippen molar-refractivity contribution in [1.82, 2.24) is 10.6 Å². The van der Waals surface area contributed by atoms with Crippen molar-refractivity contribution >= 4 is 29.3 Å². The Hall–Kier alpha value is -1.01. The maximum absolute atomic E-state index is 11.1. The molecule has 2 rings (SSSR count). The van der Waals surface area contributed by atoms with Crippen molar-refractivity contribution in [1.29, 1.82) is 0 Å². The molecule has 2 N–H and O–H groups in total. The van der Waals surface area contributed by atoms with E-state index in [0.717, 1.165) is 25.1 Å². The van der Waals surface area contributed by atoms with Gasteiger partial charge in [0.15, 0.2) is 0 Å². The SMILES string of the molecule is COC(=O)NCC[C@@H]1CNCCO[C@H]1c1ccc(Cl)c(Cl)c1. The molecule has 122 valence electrons. The number of carbonyl (C=O) groups excluding carboxylic acids is 1. The molecular weight excluding hydrogens is 327 g/mol. The fourth-order valence-corrected chi connectivity index (χ4v) is 2.84. The third-order valence-corrected chi connectivity index (χ3v) is 4.39. The lowest BCUT2D eigenvalue weighted by Gasteiger charge is -2.25. The molecule has 22 heavy (non-hydrogen) atoms. The third-order valence-electron chi connectivity index (χ3n) is 3.65. The van der Waals surface area contributed by atoms with E-state index in [1.807, 2.05) is 12.1 Å². The van der Waals surface area contributed by atoms with Crippen LogP contribution in [0.25, 0.3) is 0 Å². The van der Waals surface area contributed by atoms with E-state index >= 15 is 0 Å². The number of ether oxygens (including phenoxy) is 2. The zero-order valence-electron chi connectivity index (χ0n) is 12.4. The molecule has 1 fully saturated rings. The van der Waals surface area contributed by atoms with E-state index in [1.165, 1.54) is 7.11 Å². The zero-order chi connectivity index (χ0) is 15.9. The number of carbonyl (C=O) groups is 1. The van der Waals surface area contributed by atoms with Gasteiger partial charge in [-0.05, 0) is 24.1 Å². The molecule has 0 saturated carbocycles. The number of hydrogen-bond donors (Lipinski definition) is 2. The fraction of sp³-hybridized carbons (Fsp3) is 0.533. The summed E-state index contributed by atoms with van der Waals surface area (Å²) in [5.74, 6) is 0.219. The van der Waals surface area contributed by atoms with E-state index < -0.39 is 6.09 Å². The number of rotatable bonds is 4. The van der Waals surface area contributed by atoms with Crippen LogP contribution in [-0.2, 0) is 9.47 Å². The van der Waals surface area contributed by atoms with Crippen molar-refractivity contribution in [2.24, 2.45) is 5.92 Å². The Morgan fingerprint density at radius 2 is 2.27 bits per heavy atom. The monoisotopic (exact) mass is 346 g/mol. The molecule has 0 spiro atoms. The first-order valence-corrected chi connectivity index (χ1v) is 7.96. The quantitative estimate of drug-likeness (QED) is 0.879. The lowest BCUT2D eigenvalue weighted by atomic mass is 9.92. The van der Waals surface area contributed by atoms with E-state index in [1.54, 1.807) is 6.07 Å². The van der Waals surface area contributed by atoms with Gasteiger partial charge in [-0.15, -0.1) is 0 Å². The average molecular weight is 347 g/mol. The lowest BCUT2D eigenvalue weighted by Crippen LogP contribution is -2.30. The fourth-order valence-electron chi connectivity index (χ4n) is 2.53. The van der Waals surface area contributed by atoms with Crippen LogP contribution < -0.4 is 10.6 Å². The van der Waals surface area contributed by atoms with Crippen LogP contribution >= 0.6 is 23.2 Å². The van der Waals surface area contributed by atoms with Gasteiger partial charge in [-0.3, -0.25) is 0 Å². The van der Waals surface area contributed by atoms with Crippen molar-refractivity contribution in [2.75, 3.05) is 33.4 Å². The Kier molecular flexibility index (Phi) is 6.76. The summed E-state index contributed by atoms with van der Waals surface area (Å²) < 4.78 is 10.5. The standard InChI is InChI=1S/C15H20Cl2N2O3/c1-21-15(20)19-5-4-11-9-18-6-7-22-14(11)10-2-3-12(16)13(17)8-10/h2-3,8,11,14,18H,4-7,9H2,1H3,(H,19,20)/t11-,14+/m1/s1. The highest BCUT2D eigenvalue weighted by Crippen LogP contribution is 2.33. The summed E-state index contributed by atoms with van der Waals surface area (Å²) in [7, 11) is 1.35. The van der Waals surface area contributed by atoms with Gasteiger partial charge in [0.05, 0.1) is 29.9 Å². The van der Waals surface area contributed by atoms with E-state index in [2.05, 4.69) is 15.4 Å². The molecule has 1 aromatic rings. The predicted octanol–water partition coefficient (Wildman–Crippen LogP) is 3.02. The molecule has 1 aliphatic heterocycles. The minimum atomic E-state index is -0.423. The summed E-state index contributed by atoms with van der Waals surface area (Å²) in [6.45, 7) is 2.78. The largest absolute Gasteiger partial charge is 0.453 e. The van der Waals surface area contributed by atoms with Crippen molar-refractivity contribution in [3.63, 3.8) is 0 Å². The molecule has 0 aromatic heterocycles. The second-order valence-electron chi connectivity index (χ2n) is 5.14. The van der Waals surface area contributed by atoms with Gasteiger partial charge in [-0.2, -0.15) is 0 Å². The predicted molar refractivity (Wildman–Crippen MR) is 86.5 cm³/mol. The van der Waals surface area contributed by atoms with E-state index in [0.29, 0.717) is 23.2 Å². The molecule has 0 bridgehead atoms. The molecule has 1 amide bonds. The van der Waals surface area contributed by atoms with Crippen molar-refractivity contribution in [3.8, 4) is 0 Å². The number of benzene rings is 1. The first-order chi connectivity index (χ1) is 10.6. The molecule has 5 nitrogen and oxygen atoms in total. The maximum atomic E-state index is 11.1. The van der Waals surface area contributed by atoms with Crippen LogP contribution in [0.1, 0.15) is 18.1 Å². The van der Waals surface area contributed by atoms with E-state index in [4.69, 9.17) is 27.9 Å². The van der Waals surface area contributed by atoms with E-state index in [-0.39, 0.29) is 12.0 Å². The van der Waals surface area contributed by atoms with Gasteiger partial charge in [0.25, 0.3) is 0 Å². The van der Waals surface area contributed by atoms with Gasteiger partial charge in [-0.1, -0.05) is 29.3 Å². The van der Waals surface area contributed by atoms with Crippen LogP contribution in [0, 0.1) is 5.92 Å². The molecule has 1 heterocycles. The Labute approximate surface area is 140 Å². The molecule has 0 aliphatic carbocycles. The summed E-state index contributed by atoms with van der Waals surface area (Å²) >= 11 is 12.1. The zero-order valence-corrected chi connectivity index (χ0v) is 13.9. The van der Waals surface area contributed by atoms with Gasteiger partial charge < -0.3 is 20.1 Å². The van der Waals surface area contributed by atoms with Crippen LogP contribution in [0.5, 0.6) is 0 Å². The molecular formula is C15H20Cl2N2O3. The second kappa shape index (κ2) is 8.58. The Balaban J connectivity index is 2.06. The van der Waals surface area contributed by atoms with Crippen LogP contribution in [0.3, 0.4) is 0 Å². The first-order valence-electron chi connectivity index (χ1n) is 7.21. The number of hydrogen-bond acceptors (Lipinski definition) is 4. The molecule has 0 radical (unpaired) electrons. The summed E-state index contributed by atoms with van der Waals surface area (Å²) in [5.41, 5.74) is 1.00. The van der Waals surface area contributed by atoms with Gasteiger partial charge in [0.1, 0.15) is 0 Å². The van der Waals surface area contributed by atoms with E-state index in [9.17, 15) is 4.79 Å². The molecule has 1 aliphatic rings. The molecule has 7 heteroatoms. The number of halogens is 2. The smallest absolute Gasteiger partial charge is 0.406 e. The molecule has 2 atom stereocenters. The van der Waals surface area contributed by atoms with Crippen molar-refractivity contribution < 1.29 is 14.3 Å². The van der Waals surface area contributed by atoms with Crippen LogP contribution in [0.15, 0.2) is 18.2 Å². The number of methoxy groups -OCH3 is 1. The van der Waals surface area contributed by atoms with Crippen LogP contribution in [0.4, 0.5) is 4.79 Å². The molecule has 0 unspecified atom stereocenters. The molecule has 1 saturated heterocycles. The lowest BCUT2D eigenvalue weighted by molar-refractivity contribution is 0.0281. The van der Waals surface area contributed by atoms with Crippen molar-refractivity contribution in [3.05, 3.63) is 33.8 Å². The Morgan fingerprint density at radius 1 is 1.45 bits per heavy atom. The minimum absolute atomic E-state index is 0.0794. The minimum Gasteiger partial charge on any atom is -0.453 e. The Morgan fingerprint density at radius 3 is 3.00 bits per heavy atom. The highest BCUT2D eigenvalue weighted by atomic mass is 35.5. The summed E-state index contributed by atoms with van der Waals surface area (Å²) in [6.07, 6.45) is 0.269. The summed E-state index contributed by atoms with van der Waals surface area (Å²) in [4.78, 5) is 11.1. The number of amides is 1. The van der Waals surface area contributed by atoms with Gasteiger partial charge in [0, 0.05) is 25.6 Å². The first kappa shape index (κ1) is 17.3. The van der Waals surface area contributed by atoms with Gasteiger partial charge >= 0.3 is 6.09 Å². The molecule has 1 aromatic carbocycles. The van der Waals surface area contributed by atoms with Gasteiger partial charge in [-0.25, -0.2) is 4.79 Å². The third kappa shape index (κ3) is 4.74. The highest BCUT2D eigenvalue weighted by molar-refractivity contribution is 6.42. The highest BCUT2D eigenvalue weighted by Gasteiger charge is 2.26. The summed E-state index contributed by atoms with van der Waals surface area (Å²) in [5, 5.41) is 7.10. The van der Waals surface area contributed by atoms with Crippen LogP contribution in [-0.4, -0.2) is 39.4 Å². The topological polar surface area (TPSA) is 59.6 Å². The maximum Gasteiger partial charge on any atom is 0.406 e. The normalized spacial score (nSPS) is 22.0. The van der Waals surface area contributed by atoms with Crippen molar-refractivity contribution in [2.45, 2.75) is 12.5 Å². The van der Waals surface area contributed by atoms with Gasteiger partial charge in [0.2, 0.25) is 0 Å². The summed E-state index contributed by atoms with van der Waals surface area (Å²) in [6, 6.07) is 5.57. The number of nitrogens with one attached hydrogen (secondary N) is 2. The second-order valence-corrected chi connectivity index (χ2v) is 5.95. The Bertz CT molecular complexity index is 514. The number of alkyl carbamates (subject to hydrolysis) is 1.